The van der Waals surface area contributed by atoms with E-state index in [2.05, 4.69) is 10.2 Å². The van der Waals surface area contributed by atoms with Crippen molar-refractivity contribution in [1.82, 2.24) is 9.80 Å². The Morgan fingerprint density at radius 2 is 1.77 bits per heavy atom. The maximum atomic E-state index is 12.1. The second-order valence-corrected chi connectivity index (χ2v) is 5.37. The summed E-state index contributed by atoms with van der Waals surface area (Å²) in [7, 11) is 2.03. The molecule has 0 aliphatic carbocycles. The number of benzene rings is 1. The van der Waals surface area contributed by atoms with E-state index in [1.54, 1.807) is 29.2 Å². The molecule has 2 amide bonds. The van der Waals surface area contributed by atoms with Crippen molar-refractivity contribution in [1.29, 1.82) is 0 Å². The molecule has 1 heterocycles. The third kappa shape index (κ3) is 4.73. The largest absolute Gasteiger partial charge is 0.494 e. The monoisotopic (exact) mass is 305 g/mol. The van der Waals surface area contributed by atoms with Gasteiger partial charge in [-0.05, 0) is 38.2 Å². The van der Waals surface area contributed by atoms with Gasteiger partial charge in [-0.25, -0.2) is 0 Å². The Labute approximate surface area is 131 Å². The van der Waals surface area contributed by atoms with Gasteiger partial charge in [0.2, 0.25) is 11.8 Å². The van der Waals surface area contributed by atoms with Crippen LogP contribution in [0.2, 0.25) is 0 Å². The number of hydrogen-bond acceptors (Lipinski definition) is 4. The lowest BCUT2D eigenvalue weighted by Crippen LogP contribution is -2.47. The number of nitrogens with zero attached hydrogens (tertiary/aromatic N) is 2. The van der Waals surface area contributed by atoms with Crippen molar-refractivity contribution >= 4 is 17.5 Å². The smallest absolute Gasteiger partial charge is 0.233 e. The number of ether oxygens (including phenoxy) is 1. The van der Waals surface area contributed by atoms with Crippen molar-refractivity contribution in [2.45, 2.75) is 13.3 Å². The summed E-state index contributed by atoms with van der Waals surface area (Å²) in [5, 5.41) is 2.74. The van der Waals surface area contributed by atoms with Gasteiger partial charge < -0.3 is 19.9 Å². The first kappa shape index (κ1) is 16.3. The van der Waals surface area contributed by atoms with Crippen LogP contribution < -0.4 is 10.1 Å². The first-order valence-corrected chi connectivity index (χ1v) is 7.57. The van der Waals surface area contributed by atoms with Crippen molar-refractivity contribution in [3.05, 3.63) is 24.3 Å². The van der Waals surface area contributed by atoms with Crippen LogP contribution in [0.3, 0.4) is 0 Å². The van der Waals surface area contributed by atoms with Crippen LogP contribution >= 0.6 is 0 Å². The molecule has 1 saturated heterocycles. The van der Waals surface area contributed by atoms with Gasteiger partial charge in [0.1, 0.15) is 12.2 Å². The van der Waals surface area contributed by atoms with E-state index >= 15 is 0 Å². The molecule has 6 heteroatoms. The van der Waals surface area contributed by atoms with Crippen molar-refractivity contribution in [2.24, 2.45) is 0 Å². The molecule has 2 rings (SSSR count). The van der Waals surface area contributed by atoms with Crippen molar-refractivity contribution in [3.63, 3.8) is 0 Å². The zero-order chi connectivity index (χ0) is 15.9. The van der Waals surface area contributed by atoms with Crippen LogP contribution in [0.1, 0.15) is 13.3 Å². The average molecular weight is 305 g/mol. The Balaban J connectivity index is 1.80. The Morgan fingerprint density at radius 1 is 1.14 bits per heavy atom. The first-order valence-electron chi connectivity index (χ1n) is 7.57. The molecule has 0 bridgehead atoms. The fourth-order valence-electron chi connectivity index (χ4n) is 2.31. The van der Waals surface area contributed by atoms with Gasteiger partial charge in [-0.1, -0.05) is 0 Å². The molecular formula is C16H23N3O3. The molecular weight excluding hydrogens is 282 g/mol. The summed E-state index contributed by atoms with van der Waals surface area (Å²) in [4.78, 5) is 27.9. The summed E-state index contributed by atoms with van der Waals surface area (Å²) in [5.41, 5.74) is 0.666. The molecule has 0 spiro atoms. The lowest BCUT2D eigenvalue weighted by molar-refractivity contribution is -0.135. The van der Waals surface area contributed by atoms with Gasteiger partial charge in [-0.3, -0.25) is 9.59 Å². The number of nitrogens with one attached hydrogen (secondary N) is 1. The van der Waals surface area contributed by atoms with Crippen molar-refractivity contribution < 1.29 is 14.3 Å². The highest BCUT2D eigenvalue weighted by Gasteiger charge is 2.21. The highest BCUT2D eigenvalue weighted by Crippen LogP contribution is 2.15. The highest BCUT2D eigenvalue weighted by atomic mass is 16.5. The third-order valence-electron chi connectivity index (χ3n) is 3.62. The standard InChI is InChI=1S/C16H23N3O3/c1-3-22-14-6-4-13(5-7-14)17-15(20)12-16(21)19-10-8-18(2)9-11-19/h4-7H,3,8-12H2,1-2H3,(H,17,20). The topological polar surface area (TPSA) is 61.9 Å². The minimum Gasteiger partial charge on any atom is -0.494 e. The predicted molar refractivity (Wildman–Crippen MR) is 84.9 cm³/mol. The van der Waals surface area contributed by atoms with Gasteiger partial charge in [-0.2, -0.15) is 0 Å². The number of carbonyl (C=O) groups is 2. The maximum absolute atomic E-state index is 12.1. The second-order valence-electron chi connectivity index (χ2n) is 5.37. The molecule has 1 fully saturated rings. The normalized spacial score (nSPS) is 15.5. The van der Waals surface area contributed by atoms with Crippen molar-refractivity contribution in [2.75, 3.05) is 45.2 Å². The molecule has 1 aliphatic rings. The van der Waals surface area contributed by atoms with E-state index in [4.69, 9.17) is 4.74 Å². The number of amides is 2. The van der Waals surface area contributed by atoms with Gasteiger partial charge in [-0.15, -0.1) is 0 Å². The minimum atomic E-state index is -0.284. The number of hydrogen-bond donors (Lipinski definition) is 1. The fourth-order valence-corrected chi connectivity index (χ4v) is 2.31. The Morgan fingerprint density at radius 3 is 2.36 bits per heavy atom. The Bertz CT molecular complexity index is 508. The van der Waals surface area contributed by atoms with E-state index in [1.165, 1.54) is 0 Å². The number of carbonyl (C=O) groups excluding carboxylic acids is 2. The molecule has 0 atom stereocenters. The van der Waals surface area contributed by atoms with Gasteiger partial charge >= 0.3 is 0 Å². The van der Waals surface area contributed by atoms with Crippen LogP contribution in [-0.2, 0) is 9.59 Å². The number of anilines is 1. The van der Waals surface area contributed by atoms with Crippen molar-refractivity contribution in [3.8, 4) is 5.75 Å². The highest BCUT2D eigenvalue weighted by molar-refractivity contribution is 6.03. The van der Waals surface area contributed by atoms with E-state index in [0.717, 1.165) is 18.8 Å². The Kier molecular flexibility index (Phi) is 5.77. The molecule has 0 saturated carbocycles. The molecule has 0 unspecified atom stereocenters. The number of rotatable bonds is 5. The average Bonchev–Trinajstić information content (AvgIpc) is 2.50. The molecule has 0 radical (unpaired) electrons. The van der Waals surface area contributed by atoms with Crippen LogP contribution in [0.15, 0.2) is 24.3 Å². The van der Waals surface area contributed by atoms with Gasteiger partial charge in [0.05, 0.1) is 6.61 Å². The SMILES string of the molecule is CCOc1ccc(NC(=O)CC(=O)N2CCN(C)CC2)cc1. The van der Waals surface area contributed by atoms with E-state index in [9.17, 15) is 9.59 Å². The quantitative estimate of drug-likeness (QED) is 0.830. The van der Waals surface area contributed by atoms with E-state index in [0.29, 0.717) is 25.4 Å². The zero-order valence-electron chi connectivity index (χ0n) is 13.2. The maximum Gasteiger partial charge on any atom is 0.233 e. The molecule has 1 aromatic carbocycles. The van der Waals surface area contributed by atoms with Crippen LogP contribution in [0, 0.1) is 0 Å². The molecule has 0 aromatic heterocycles. The van der Waals surface area contributed by atoms with E-state index in [-0.39, 0.29) is 18.2 Å². The fraction of sp³-hybridized carbons (Fsp3) is 0.500. The lowest BCUT2D eigenvalue weighted by Gasteiger charge is -2.32. The van der Waals surface area contributed by atoms with Gasteiger partial charge in [0, 0.05) is 31.9 Å². The third-order valence-corrected chi connectivity index (χ3v) is 3.62. The van der Waals surface area contributed by atoms with Gasteiger partial charge in [0.25, 0.3) is 0 Å². The molecule has 1 aliphatic heterocycles. The first-order chi connectivity index (χ1) is 10.6. The lowest BCUT2D eigenvalue weighted by atomic mass is 10.2. The van der Waals surface area contributed by atoms with E-state index < -0.39 is 0 Å². The molecule has 1 aromatic rings. The predicted octanol–water partition coefficient (Wildman–Crippen LogP) is 1.19. The second kappa shape index (κ2) is 7.79. The molecule has 6 nitrogen and oxygen atoms in total. The molecule has 120 valence electrons. The van der Waals surface area contributed by atoms with E-state index in [1.807, 2.05) is 14.0 Å². The van der Waals surface area contributed by atoms with Crippen LogP contribution in [0.4, 0.5) is 5.69 Å². The minimum absolute atomic E-state index is 0.114. The van der Waals surface area contributed by atoms with Gasteiger partial charge in [0.15, 0.2) is 0 Å². The molecule has 1 N–H and O–H groups in total. The van der Waals surface area contributed by atoms with Crippen LogP contribution in [0.5, 0.6) is 5.75 Å². The Hall–Kier alpha value is -2.08. The number of likely N-dealkylation sites (N-methyl/N-ethyl adjacent to an activating group) is 1. The van der Waals surface area contributed by atoms with Crippen LogP contribution in [0.25, 0.3) is 0 Å². The summed E-state index contributed by atoms with van der Waals surface area (Å²) < 4.78 is 5.34. The summed E-state index contributed by atoms with van der Waals surface area (Å²) >= 11 is 0. The summed E-state index contributed by atoms with van der Waals surface area (Å²) in [6.45, 7) is 5.60. The number of piperazine rings is 1. The summed E-state index contributed by atoms with van der Waals surface area (Å²) in [5.74, 6) is 0.360. The summed E-state index contributed by atoms with van der Waals surface area (Å²) in [6, 6.07) is 7.12. The zero-order valence-corrected chi connectivity index (χ0v) is 13.2. The summed E-state index contributed by atoms with van der Waals surface area (Å²) in [6.07, 6.45) is -0.114. The molecule has 22 heavy (non-hydrogen) atoms. The van der Waals surface area contributed by atoms with Crippen LogP contribution in [-0.4, -0.2) is 61.4 Å².